The zero-order valence-corrected chi connectivity index (χ0v) is 18.0. The molecule has 0 atom stereocenters. The van der Waals surface area contributed by atoms with Crippen LogP contribution in [0.15, 0.2) is 53.3 Å². The van der Waals surface area contributed by atoms with Crippen LogP contribution in [-0.2, 0) is 17.9 Å². The molecule has 0 radical (unpaired) electrons. The van der Waals surface area contributed by atoms with Crippen LogP contribution in [0.4, 0.5) is 0 Å². The number of para-hydroxylation sites is 1. The van der Waals surface area contributed by atoms with Gasteiger partial charge in [-0.25, -0.2) is 0 Å². The van der Waals surface area contributed by atoms with Crippen molar-refractivity contribution in [3.05, 3.63) is 74.8 Å². The first kappa shape index (κ1) is 20.5. The first-order chi connectivity index (χ1) is 14.5. The zero-order chi connectivity index (χ0) is 21.1. The Labute approximate surface area is 181 Å². The number of nitrogens with zero attached hydrogens (tertiary/aromatic N) is 1. The van der Waals surface area contributed by atoms with Crippen LogP contribution in [0.2, 0.25) is 0 Å². The zero-order valence-electron chi connectivity index (χ0n) is 17.2. The summed E-state index contributed by atoms with van der Waals surface area (Å²) >= 11 is 5.43. The van der Waals surface area contributed by atoms with Gasteiger partial charge in [0.05, 0.1) is 10.9 Å². The van der Waals surface area contributed by atoms with E-state index in [0.29, 0.717) is 29.2 Å². The quantitative estimate of drug-likeness (QED) is 0.597. The third-order valence-electron chi connectivity index (χ3n) is 6.14. The smallest absolute Gasteiger partial charge is 0.262 e. The second-order valence-electron chi connectivity index (χ2n) is 8.31. The summed E-state index contributed by atoms with van der Waals surface area (Å²) in [6.45, 7) is 3.23. The van der Waals surface area contributed by atoms with E-state index in [1.165, 1.54) is 5.56 Å². The van der Waals surface area contributed by atoms with Crippen LogP contribution in [0.1, 0.15) is 36.8 Å². The Morgan fingerprint density at radius 2 is 1.80 bits per heavy atom. The third kappa shape index (κ3) is 4.54. The lowest BCUT2D eigenvalue weighted by Crippen LogP contribution is -2.34. The fourth-order valence-electron chi connectivity index (χ4n) is 4.27. The van der Waals surface area contributed by atoms with Gasteiger partial charge in [-0.3, -0.25) is 14.2 Å². The molecule has 0 spiro atoms. The average molecular weight is 422 g/mol. The summed E-state index contributed by atoms with van der Waals surface area (Å²) in [5.41, 5.74) is 3.08. The molecule has 0 bridgehead atoms. The van der Waals surface area contributed by atoms with E-state index in [0.717, 1.165) is 36.8 Å². The highest BCUT2D eigenvalue weighted by atomic mass is 32.1. The van der Waals surface area contributed by atoms with Crippen LogP contribution in [-0.4, -0.2) is 15.5 Å². The van der Waals surface area contributed by atoms with Crippen molar-refractivity contribution in [3.8, 4) is 0 Å². The molecular formula is C24H27N3O2S. The number of hydrogen-bond donors (Lipinski definition) is 2. The molecule has 0 aliphatic heterocycles. The molecule has 1 amide bonds. The van der Waals surface area contributed by atoms with Gasteiger partial charge in [-0.05, 0) is 68.4 Å². The summed E-state index contributed by atoms with van der Waals surface area (Å²) in [6, 6.07) is 15.7. The number of benzene rings is 2. The second-order valence-corrected chi connectivity index (χ2v) is 8.70. The van der Waals surface area contributed by atoms with E-state index in [1.54, 1.807) is 4.57 Å². The van der Waals surface area contributed by atoms with Crippen LogP contribution >= 0.6 is 12.2 Å². The Kier molecular flexibility index (Phi) is 6.13. The summed E-state index contributed by atoms with van der Waals surface area (Å²) < 4.78 is 2.15. The van der Waals surface area contributed by atoms with E-state index in [-0.39, 0.29) is 17.4 Å². The summed E-state index contributed by atoms with van der Waals surface area (Å²) in [5, 5.41) is 3.74. The summed E-state index contributed by atoms with van der Waals surface area (Å²) in [4.78, 5) is 28.6. The molecule has 2 aromatic carbocycles. The monoisotopic (exact) mass is 421 g/mol. The van der Waals surface area contributed by atoms with E-state index in [4.69, 9.17) is 12.2 Å². The number of amides is 1. The first-order valence-electron chi connectivity index (χ1n) is 10.6. The molecule has 4 rings (SSSR count). The Morgan fingerprint density at radius 1 is 1.10 bits per heavy atom. The molecule has 1 aromatic heterocycles. The molecule has 1 fully saturated rings. The van der Waals surface area contributed by atoms with Crippen molar-refractivity contribution < 1.29 is 4.79 Å². The van der Waals surface area contributed by atoms with Crippen LogP contribution in [0, 0.1) is 23.5 Å². The molecule has 6 heteroatoms. The fourth-order valence-corrected chi connectivity index (χ4v) is 4.54. The molecule has 156 valence electrons. The van der Waals surface area contributed by atoms with Gasteiger partial charge >= 0.3 is 0 Å². The Balaban J connectivity index is 1.34. The van der Waals surface area contributed by atoms with Crippen LogP contribution < -0.4 is 10.9 Å². The average Bonchev–Trinajstić information content (AvgIpc) is 2.76. The van der Waals surface area contributed by atoms with E-state index >= 15 is 0 Å². The van der Waals surface area contributed by atoms with E-state index in [2.05, 4.69) is 41.5 Å². The van der Waals surface area contributed by atoms with Gasteiger partial charge in [-0.1, -0.05) is 42.0 Å². The van der Waals surface area contributed by atoms with Crippen molar-refractivity contribution in [2.45, 2.75) is 45.7 Å². The molecule has 1 saturated carbocycles. The van der Waals surface area contributed by atoms with Crippen molar-refractivity contribution in [1.82, 2.24) is 14.9 Å². The molecule has 1 aliphatic carbocycles. The molecule has 3 aromatic rings. The standard InChI is InChI=1S/C24H27N3O2S/c1-16-6-8-17(9-7-16)14-25-22(28)19-12-10-18(11-13-19)15-27-23(29)20-4-2-3-5-21(20)26-24(27)30/h2-9,18-19H,10-15H2,1H3,(H,25,28)(H,26,30). The molecule has 0 unspecified atom stereocenters. The number of nitrogens with one attached hydrogen (secondary N) is 2. The SMILES string of the molecule is Cc1ccc(CNC(=O)C2CCC(Cn3c(=S)[nH]c4ccccc4c3=O)CC2)cc1. The lowest BCUT2D eigenvalue weighted by molar-refractivity contribution is -0.126. The van der Waals surface area contributed by atoms with Gasteiger partial charge in [0, 0.05) is 19.0 Å². The minimum atomic E-state index is -0.0349. The number of H-pyrrole nitrogens is 1. The Hall–Kier alpha value is -2.73. The number of aromatic nitrogens is 2. The maximum atomic E-state index is 12.8. The van der Waals surface area contributed by atoms with Gasteiger partial charge in [-0.2, -0.15) is 0 Å². The largest absolute Gasteiger partial charge is 0.352 e. The van der Waals surface area contributed by atoms with E-state index < -0.39 is 0 Å². The molecule has 1 aliphatic rings. The van der Waals surface area contributed by atoms with Crippen LogP contribution in [0.3, 0.4) is 0 Å². The second kappa shape index (κ2) is 8.96. The summed E-state index contributed by atoms with van der Waals surface area (Å²) in [6.07, 6.45) is 3.56. The molecule has 0 saturated heterocycles. The van der Waals surface area contributed by atoms with E-state index in [9.17, 15) is 9.59 Å². The summed E-state index contributed by atoms with van der Waals surface area (Å²) in [7, 11) is 0. The minimum Gasteiger partial charge on any atom is -0.352 e. The number of carbonyl (C=O) groups is 1. The predicted molar refractivity (Wildman–Crippen MR) is 122 cm³/mol. The number of hydrogen-bond acceptors (Lipinski definition) is 3. The van der Waals surface area contributed by atoms with Gasteiger partial charge in [0.25, 0.3) is 5.56 Å². The molecule has 1 heterocycles. The number of aryl methyl sites for hydroxylation is 1. The van der Waals surface area contributed by atoms with Gasteiger partial charge < -0.3 is 10.3 Å². The number of fused-ring (bicyclic) bond motifs is 1. The van der Waals surface area contributed by atoms with Crippen molar-refractivity contribution in [2.24, 2.45) is 11.8 Å². The fraction of sp³-hybridized carbons (Fsp3) is 0.375. The minimum absolute atomic E-state index is 0.0349. The van der Waals surface area contributed by atoms with Crippen LogP contribution in [0.25, 0.3) is 10.9 Å². The number of rotatable bonds is 5. The van der Waals surface area contributed by atoms with Gasteiger partial charge in [0.15, 0.2) is 4.77 Å². The maximum absolute atomic E-state index is 12.8. The molecule has 2 N–H and O–H groups in total. The highest BCUT2D eigenvalue weighted by molar-refractivity contribution is 7.71. The van der Waals surface area contributed by atoms with Crippen molar-refractivity contribution in [3.63, 3.8) is 0 Å². The lowest BCUT2D eigenvalue weighted by Gasteiger charge is -2.28. The van der Waals surface area contributed by atoms with Crippen molar-refractivity contribution in [2.75, 3.05) is 0 Å². The Morgan fingerprint density at radius 3 is 2.53 bits per heavy atom. The third-order valence-corrected chi connectivity index (χ3v) is 6.46. The topological polar surface area (TPSA) is 66.9 Å². The summed E-state index contributed by atoms with van der Waals surface area (Å²) in [5.74, 6) is 0.545. The predicted octanol–water partition coefficient (Wildman–Crippen LogP) is 4.49. The molecule has 30 heavy (non-hydrogen) atoms. The maximum Gasteiger partial charge on any atom is 0.262 e. The van der Waals surface area contributed by atoms with Gasteiger partial charge in [0.2, 0.25) is 5.91 Å². The van der Waals surface area contributed by atoms with Crippen LogP contribution in [0.5, 0.6) is 0 Å². The van der Waals surface area contributed by atoms with E-state index in [1.807, 2.05) is 24.3 Å². The lowest BCUT2D eigenvalue weighted by atomic mass is 9.81. The van der Waals surface area contributed by atoms with Gasteiger partial charge in [0.1, 0.15) is 0 Å². The number of aromatic amines is 1. The first-order valence-corrected chi connectivity index (χ1v) is 11.0. The number of carbonyl (C=O) groups excluding carboxylic acids is 1. The van der Waals surface area contributed by atoms with Gasteiger partial charge in [-0.15, -0.1) is 0 Å². The normalized spacial score (nSPS) is 19.0. The highest BCUT2D eigenvalue weighted by Crippen LogP contribution is 2.30. The van der Waals surface area contributed by atoms with Crippen molar-refractivity contribution in [1.29, 1.82) is 0 Å². The molecule has 5 nitrogen and oxygen atoms in total. The van der Waals surface area contributed by atoms with Crippen molar-refractivity contribution >= 4 is 29.0 Å². The molecular weight excluding hydrogens is 394 g/mol. The highest BCUT2D eigenvalue weighted by Gasteiger charge is 2.26. The Bertz CT molecular complexity index is 1160.